The van der Waals surface area contributed by atoms with Crippen molar-refractivity contribution < 1.29 is 0 Å². The van der Waals surface area contributed by atoms with E-state index in [1.807, 2.05) is 19.9 Å². The number of hydrogen-bond acceptors (Lipinski definition) is 1. The van der Waals surface area contributed by atoms with Crippen molar-refractivity contribution in [2.24, 2.45) is 4.99 Å². The highest BCUT2D eigenvalue weighted by molar-refractivity contribution is 5.93. The van der Waals surface area contributed by atoms with E-state index in [0.717, 1.165) is 12.8 Å². The van der Waals surface area contributed by atoms with Gasteiger partial charge in [-0.15, -0.1) is 0 Å². The first kappa shape index (κ1) is 9.97. The van der Waals surface area contributed by atoms with Crippen molar-refractivity contribution in [3.63, 3.8) is 0 Å². The Morgan fingerprint density at radius 1 is 1.23 bits per heavy atom. The molecule has 0 atom stereocenters. The van der Waals surface area contributed by atoms with Crippen molar-refractivity contribution in [1.29, 1.82) is 0 Å². The van der Waals surface area contributed by atoms with E-state index in [0.29, 0.717) is 0 Å². The molecule has 1 heterocycles. The number of nitrogens with zero attached hydrogens (tertiary/aromatic N) is 1. The van der Waals surface area contributed by atoms with Gasteiger partial charge in [-0.1, -0.05) is 39.0 Å². The molecule has 0 amide bonds. The van der Waals surface area contributed by atoms with Crippen LogP contribution >= 0.6 is 0 Å². The van der Waals surface area contributed by atoms with Gasteiger partial charge in [0.15, 0.2) is 0 Å². The molecule has 0 saturated heterocycles. The average Bonchev–Trinajstić information content (AvgIpc) is 2.63. The summed E-state index contributed by atoms with van der Waals surface area (Å²) in [7, 11) is 0. The standard InChI is InChI=1S/C10H11N.C2H6/c1-2-9-7-8-5-3-4-6-10(8)11-9;1-2/h3-6H,2,7H2,1H3;1-2H3. The molecule has 1 aromatic rings. The van der Waals surface area contributed by atoms with Gasteiger partial charge in [-0.3, -0.25) is 4.99 Å². The van der Waals surface area contributed by atoms with Crippen LogP contribution in [-0.2, 0) is 6.42 Å². The van der Waals surface area contributed by atoms with E-state index < -0.39 is 0 Å². The van der Waals surface area contributed by atoms with Crippen LogP contribution in [0.15, 0.2) is 29.3 Å². The summed E-state index contributed by atoms with van der Waals surface area (Å²) in [6, 6.07) is 8.35. The lowest BCUT2D eigenvalue weighted by molar-refractivity contribution is 1.22. The maximum absolute atomic E-state index is 4.49. The zero-order valence-corrected chi connectivity index (χ0v) is 8.67. The van der Waals surface area contributed by atoms with Gasteiger partial charge in [-0.2, -0.15) is 0 Å². The SMILES string of the molecule is CC.CCC1=Nc2ccccc2C1. The van der Waals surface area contributed by atoms with Gasteiger partial charge < -0.3 is 0 Å². The summed E-state index contributed by atoms with van der Waals surface area (Å²) in [5.74, 6) is 0. The lowest BCUT2D eigenvalue weighted by Gasteiger charge is -1.92. The highest BCUT2D eigenvalue weighted by Crippen LogP contribution is 2.26. The third-order valence-electron chi connectivity index (χ3n) is 2.07. The number of hydrogen-bond donors (Lipinski definition) is 0. The summed E-state index contributed by atoms with van der Waals surface area (Å²) in [5.41, 5.74) is 3.86. The molecule has 0 bridgehead atoms. The number of rotatable bonds is 1. The van der Waals surface area contributed by atoms with E-state index in [1.165, 1.54) is 17.0 Å². The van der Waals surface area contributed by atoms with Crippen LogP contribution in [-0.4, -0.2) is 5.71 Å². The summed E-state index contributed by atoms with van der Waals surface area (Å²) >= 11 is 0. The molecule has 0 fully saturated rings. The fraction of sp³-hybridized carbons (Fsp3) is 0.417. The summed E-state index contributed by atoms with van der Waals surface area (Å²) < 4.78 is 0. The molecule has 1 aliphatic heterocycles. The van der Waals surface area contributed by atoms with Crippen molar-refractivity contribution in [1.82, 2.24) is 0 Å². The Bertz CT molecular complexity index is 300. The Labute approximate surface area is 80.5 Å². The molecule has 1 aliphatic rings. The molecule has 1 heteroatoms. The molecule has 1 aromatic carbocycles. The molecule has 13 heavy (non-hydrogen) atoms. The molecule has 2 rings (SSSR count). The second kappa shape index (κ2) is 4.80. The first-order chi connectivity index (χ1) is 6.40. The van der Waals surface area contributed by atoms with Crippen LogP contribution in [0.25, 0.3) is 0 Å². The van der Waals surface area contributed by atoms with Crippen molar-refractivity contribution in [2.45, 2.75) is 33.6 Å². The maximum Gasteiger partial charge on any atom is 0.0664 e. The van der Waals surface area contributed by atoms with Crippen LogP contribution < -0.4 is 0 Å². The fourth-order valence-electron chi connectivity index (χ4n) is 1.40. The van der Waals surface area contributed by atoms with Crippen molar-refractivity contribution >= 4 is 11.4 Å². The molecule has 0 aromatic heterocycles. The van der Waals surface area contributed by atoms with Crippen LogP contribution in [0, 0.1) is 0 Å². The van der Waals surface area contributed by atoms with Crippen LogP contribution in [0.1, 0.15) is 32.8 Å². The number of para-hydroxylation sites is 1. The largest absolute Gasteiger partial charge is 0.257 e. The van der Waals surface area contributed by atoms with Crippen LogP contribution in [0.4, 0.5) is 5.69 Å². The topological polar surface area (TPSA) is 12.4 Å². The molecule has 0 saturated carbocycles. The van der Waals surface area contributed by atoms with Gasteiger partial charge in [-0.25, -0.2) is 0 Å². The van der Waals surface area contributed by atoms with Gasteiger partial charge >= 0.3 is 0 Å². The Morgan fingerprint density at radius 2 is 1.92 bits per heavy atom. The second-order valence-corrected chi connectivity index (χ2v) is 2.84. The minimum absolute atomic E-state index is 1.06. The molecule has 1 nitrogen and oxygen atoms in total. The van der Waals surface area contributed by atoms with Crippen LogP contribution in [0.5, 0.6) is 0 Å². The van der Waals surface area contributed by atoms with E-state index in [2.05, 4.69) is 30.1 Å². The van der Waals surface area contributed by atoms with Crippen molar-refractivity contribution in [3.8, 4) is 0 Å². The zero-order valence-electron chi connectivity index (χ0n) is 8.67. The zero-order chi connectivity index (χ0) is 9.68. The summed E-state index contributed by atoms with van der Waals surface area (Å²) in [5, 5.41) is 0. The molecule has 0 unspecified atom stereocenters. The fourth-order valence-corrected chi connectivity index (χ4v) is 1.40. The molecule has 0 radical (unpaired) electrons. The van der Waals surface area contributed by atoms with Gasteiger partial charge in [-0.05, 0) is 18.1 Å². The maximum atomic E-state index is 4.49. The van der Waals surface area contributed by atoms with Crippen LogP contribution in [0.2, 0.25) is 0 Å². The second-order valence-electron chi connectivity index (χ2n) is 2.84. The van der Waals surface area contributed by atoms with Gasteiger partial charge in [0.25, 0.3) is 0 Å². The van der Waals surface area contributed by atoms with Crippen molar-refractivity contribution in [3.05, 3.63) is 29.8 Å². The third-order valence-corrected chi connectivity index (χ3v) is 2.07. The highest BCUT2D eigenvalue weighted by atomic mass is 14.8. The van der Waals surface area contributed by atoms with E-state index in [1.54, 1.807) is 0 Å². The average molecular weight is 175 g/mol. The minimum atomic E-state index is 1.06. The van der Waals surface area contributed by atoms with Crippen molar-refractivity contribution in [2.75, 3.05) is 0 Å². The predicted molar refractivity (Wildman–Crippen MR) is 58.9 cm³/mol. The first-order valence-electron chi connectivity index (χ1n) is 5.04. The quantitative estimate of drug-likeness (QED) is 0.616. The third kappa shape index (κ3) is 2.18. The molecule has 0 spiro atoms. The lowest BCUT2D eigenvalue weighted by atomic mass is 10.1. The summed E-state index contributed by atoms with van der Waals surface area (Å²) in [4.78, 5) is 4.49. The Hall–Kier alpha value is -1.11. The number of fused-ring (bicyclic) bond motifs is 1. The van der Waals surface area contributed by atoms with Crippen LogP contribution in [0.3, 0.4) is 0 Å². The number of benzene rings is 1. The molecule has 0 aliphatic carbocycles. The van der Waals surface area contributed by atoms with Gasteiger partial charge in [0, 0.05) is 12.1 Å². The normalized spacial score (nSPS) is 12.7. The van der Waals surface area contributed by atoms with E-state index >= 15 is 0 Å². The lowest BCUT2D eigenvalue weighted by Crippen LogP contribution is -1.93. The van der Waals surface area contributed by atoms with E-state index in [4.69, 9.17) is 0 Å². The molecule has 0 N–H and O–H groups in total. The van der Waals surface area contributed by atoms with Gasteiger partial charge in [0.05, 0.1) is 5.69 Å². The minimum Gasteiger partial charge on any atom is -0.257 e. The summed E-state index contributed by atoms with van der Waals surface area (Å²) in [6.07, 6.45) is 2.14. The Morgan fingerprint density at radius 3 is 2.54 bits per heavy atom. The monoisotopic (exact) mass is 175 g/mol. The summed E-state index contributed by atoms with van der Waals surface area (Å²) in [6.45, 7) is 6.16. The predicted octanol–water partition coefficient (Wildman–Crippen LogP) is 3.75. The molecule has 70 valence electrons. The Kier molecular flexibility index (Phi) is 3.69. The highest BCUT2D eigenvalue weighted by Gasteiger charge is 2.10. The number of aliphatic imine (C=N–C) groups is 1. The van der Waals surface area contributed by atoms with E-state index in [-0.39, 0.29) is 0 Å². The molecular formula is C12H17N. The molecular weight excluding hydrogens is 158 g/mol. The van der Waals surface area contributed by atoms with Gasteiger partial charge in [0.2, 0.25) is 0 Å². The van der Waals surface area contributed by atoms with Gasteiger partial charge in [0.1, 0.15) is 0 Å². The Balaban J connectivity index is 0.000000396. The first-order valence-corrected chi connectivity index (χ1v) is 5.04. The smallest absolute Gasteiger partial charge is 0.0664 e. The van der Waals surface area contributed by atoms with E-state index in [9.17, 15) is 0 Å².